The van der Waals surface area contributed by atoms with Crippen LogP contribution in [0.15, 0.2) is 30.5 Å². The van der Waals surface area contributed by atoms with E-state index >= 15 is 0 Å². The number of hydrogen-bond acceptors (Lipinski definition) is 8. The van der Waals surface area contributed by atoms with Gasteiger partial charge < -0.3 is 4.90 Å². The number of nitrogens with one attached hydrogen (secondary N) is 2. The van der Waals surface area contributed by atoms with E-state index in [4.69, 9.17) is 10.8 Å². The normalized spacial score (nSPS) is 19.9. The van der Waals surface area contributed by atoms with Gasteiger partial charge >= 0.3 is 0 Å². The summed E-state index contributed by atoms with van der Waals surface area (Å²) in [5.41, 5.74) is 8.50. The molecule has 4 N–H and O–H groups in total. The van der Waals surface area contributed by atoms with Crippen molar-refractivity contribution in [3.8, 4) is 0 Å². The van der Waals surface area contributed by atoms with Gasteiger partial charge in [-0.2, -0.15) is 0 Å². The molecule has 0 spiro atoms. The van der Waals surface area contributed by atoms with E-state index in [2.05, 4.69) is 63.8 Å². The Morgan fingerprint density at radius 2 is 1.77 bits per heavy atom. The van der Waals surface area contributed by atoms with Crippen LogP contribution in [-0.4, -0.2) is 74.3 Å². The maximum atomic E-state index is 11.7. The zero-order valence-electron chi connectivity index (χ0n) is 24.1. The zero-order chi connectivity index (χ0) is 28.0. The number of piperidine rings is 1. The maximum Gasteiger partial charge on any atom is 0.229 e. The van der Waals surface area contributed by atoms with Gasteiger partial charge in [0, 0.05) is 44.8 Å². The van der Waals surface area contributed by atoms with Gasteiger partial charge in [0.1, 0.15) is 5.82 Å². The predicted octanol–water partition coefficient (Wildman–Crippen LogP) is 3.11. The van der Waals surface area contributed by atoms with E-state index in [1.165, 1.54) is 35.8 Å². The van der Waals surface area contributed by atoms with Crippen molar-refractivity contribution in [3.05, 3.63) is 52.7 Å². The van der Waals surface area contributed by atoms with E-state index in [1.54, 1.807) is 6.20 Å². The summed E-state index contributed by atoms with van der Waals surface area (Å²) in [6.45, 7) is 13.4. The summed E-state index contributed by atoms with van der Waals surface area (Å²) in [5.74, 6) is 6.66. The van der Waals surface area contributed by atoms with Gasteiger partial charge in [0.2, 0.25) is 10.0 Å². The molecule has 0 radical (unpaired) electrons. The number of anilines is 2. The van der Waals surface area contributed by atoms with Crippen LogP contribution in [0.5, 0.6) is 0 Å². The van der Waals surface area contributed by atoms with Gasteiger partial charge in [-0.15, -0.1) is 0 Å². The molecular formula is C29H47N7O2S. The Hall–Kier alpha value is -2.24. The molecular weight excluding hydrogens is 510 g/mol. The number of benzene rings is 1. The van der Waals surface area contributed by atoms with Gasteiger partial charge in [-0.3, -0.25) is 25.8 Å². The Balaban J connectivity index is 1.36. The average Bonchev–Trinajstić information content (AvgIpc) is 2.93. The topological polar surface area (TPSA) is 107 Å². The quantitative estimate of drug-likeness (QED) is 0.286. The maximum absolute atomic E-state index is 11.7. The molecule has 0 saturated carbocycles. The minimum atomic E-state index is -3.32. The van der Waals surface area contributed by atoms with Crippen LogP contribution in [0.4, 0.5) is 11.5 Å². The summed E-state index contributed by atoms with van der Waals surface area (Å²) in [4.78, 5) is 12.4. The first-order chi connectivity index (χ1) is 18.7. The van der Waals surface area contributed by atoms with Crippen molar-refractivity contribution in [1.29, 1.82) is 0 Å². The number of aryl methyl sites for hydroxylation is 2. The number of hydrazine groups is 1. The number of nitrogens with zero attached hydrogens (tertiary/aromatic N) is 4. The van der Waals surface area contributed by atoms with Crippen molar-refractivity contribution in [1.82, 2.24) is 20.2 Å². The number of likely N-dealkylation sites (tertiary alicyclic amines) is 1. The van der Waals surface area contributed by atoms with Crippen molar-refractivity contribution in [2.75, 3.05) is 48.6 Å². The largest absolute Gasteiger partial charge is 0.354 e. The lowest BCUT2D eigenvalue weighted by Crippen LogP contribution is -2.58. The van der Waals surface area contributed by atoms with Crippen LogP contribution in [0.2, 0.25) is 0 Å². The first kappa shape index (κ1) is 29.7. The molecule has 2 aliphatic heterocycles. The smallest absolute Gasteiger partial charge is 0.229 e. The Kier molecular flexibility index (Phi) is 10.2. The first-order valence-corrected chi connectivity index (χ1v) is 16.4. The fourth-order valence-corrected chi connectivity index (χ4v) is 6.74. The van der Waals surface area contributed by atoms with Crippen LogP contribution in [0, 0.1) is 0 Å². The molecule has 0 aliphatic carbocycles. The summed E-state index contributed by atoms with van der Waals surface area (Å²) >= 11 is 0. The van der Waals surface area contributed by atoms with E-state index in [0.29, 0.717) is 24.3 Å². The number of sulfonamides is 1. The summed E-state index contributed by atoms with van der Waals surface area (Å²) in [6, 6.07) is 9.85. The third kappa shape index (κ3) is 7.70. The SMILES string of the molecule is CCc1ccc(CN2CCC(N3CCN(c4ncc(NS(C)(=O)=O)cc4CC)CC3CC)CC2)c(CNN)c1. The van der Waals surface area contributed by atoms with E-state index in [-0.39, 0.29) is 0 Å². The lowest BCUT2D eigenvalue weighted by atomic mass is 9.96. The molecule has 1 unspecified atom stereocenters. The van der Waals surface area contributed by atoms with Crippen LogP contribution in [0.1, 0.15) is 62.3 Å². The van der Waals surface area contributed by atoms with E-state index in [9.17, 15) is 8.42 Å². The Morgan fingerprint density at radius 1 is 1.00 bits per heavy atom. The highest BCUT2D eigenvalue weighted by Crippen LogP contribution is 2.29. The van der Waals surface area contributed by atoms with Crippen LogP contribution in [0.25, 0.3) is 0 Å². The molecule has 1 aromatic carbocycles. The monoisotopic (exact) mass is 557 g/mol. The summed E-state index contributed by atoms with van der Waals surface area (Å²) in [6.07, 6.45) is 8.14. The number of pyridine rings is 1. The Labute approximate surface area is 235 Å². The Morgan fingerprint density at radius 3 is 2.41 bits per heavy atom. The molecule has 1 aromatic heterocycles. The molecule has 3 heterocycles. The average molecular weight is 558 g/mol. The number of nitrogens with two attached hydrogens (primary N) is 1. The fourth-order valence-electron chi connectivity index (χ4n) is 6.20. The molecule has 2 aliphatic rings. The molecule has 2 aromatic rings. The summed E-state index contributed by atoms with van der Waals surface area (Å²) < 4.78 is 25.9. The Bertz CT molecular complexity index is 1200. The third-order valence-electron chi connectivity index (χ3n) is 8.32. The number of rotatable bonds is 11. The second-order valence-corrected chi connectivity index (χ2v) is 12.8. The first-order valence-electron chi connectivity index (χ1n) is 14.5. The van der Waals surface area contributed by atoms with Gasteiger partial charge in [0.05, 0.1) is 18.1 Å². The molecule has 39 heavy (non-hydrogen) atoms. The van der Waals surface area contributed by atoms with Crippen molar-refractivity contribution < 1.29 is 8.42 Å². The van der Waals surface area contributed by atoms with Gasteiger partial charge in [-0.25, -0.2) is 13.4 Å². The van der Waals surface area contributed by atoms with Crippen LogP contribution in [0.3, 0.4) is 0 Å². The lowest BCUT2D eigenvalue weighted by Gasteiger charge is -2.48. The summed E-state index contributed by atoms with van der Waals surface area (Å²) in [5, 5.41) is 0. The second kappa shape index (κ2) is 13.4. The van der Waals surface area contributed by atoms with Gasteiger partial charge in [-0.05, 0) is 73.5 Å². The molecule has 0 amide bonds. The van der Waals surface area contributed by atoms with Gasteiger partial charge in [-0.1, -0.05) is 39.0 Å². The fraction of sp³-hybridized carbons (Fsp3) is 0.621. The minimum Gasteiger partial charge on any atom is -0.354 e. The zero-order valence-corrected chi connectivity index (χ0v) is 24.9. The van der Waals surface area contributed by atoms with Crippen molar-refractivity contribution >= 4 is 21.5 Å². The van der Waals surface area contributed by atoms with Crippen molar-refractivity contribution in [3.63, 3.8) is 0 Å². The van der Waals surface area contributed by atoms with Crippen LogP contribution >= 0.6 is 0 Å². The van der Waals surface area contributed by atoms with Crippen LogP contribution < -0.4 is 20.9 Å². The highest BCUT2D eigenvalue weighted by molar-refractivity contribution is 7.92. The molecule has 2 saturated heterocycles. The molecule has 10 heteroatoms. The number of aromatic nitrogens is 1. The molecule has 4 rings (SSSR count). The lowest BCUT2D eigenvalue weighted by molar-refractivity contribution is 0.0609. The third-order valence-corrected chi connectivity index (χ3v) is 8.92. The van der Waals surface area contributed by atoms with Gasteiger partial charge in [0.25, 0.3) is 0 Å². The highest BCUT2D eigenvalue weighted by Gasteiger charge is 2.34. The number of piperazine rings is 1. The minimum absolute atomic E-state index is 0.486. The number of hydrogen-bond donors (Lipinski definition) is 3. The molecule has 0 bridgehead atoms. The van der Waals surface area contributed by atoms with Crippen molar-refractivity contribution in [2.45, 2.75) is 78.0 Å². The van der Waals surface area contributed by atoms with Crippen LogP contribution in [-0.2, 0) is 36.0 Å². The van der Waals surface area contributed by atoms with E-state index in [1.807, 2.05) is 6.07 Å². The molecule has 2 fully saturated rings. The van der Waals surface area contributed by atoms with Gasteiger partial charge in [0.15, 0.2) is 0 Å². The van der Waals surface area contributed by atoms with E-state index in [0.717, 1.165) is 69.9 Å². The second-order valence-electron chi connectivity index (χ2n) is 11.0. The molecule has 9 nitrogen and oxygen atoms in total. The summed E-state index contributed by atoms with van der Waals surface area (Å²) in [7, 11) is -3.32. The predicted molar refractivity (Wildman–Crippen MR) is 160 cm³/mol. The standard InChI is InChI=1S/C29H47N7O2S/c1-5-22-8-9-24(25(16-22)18-32-30)20-34-12-10-28(11-13-34)36-15-14-35(21-27(36)7-3)29-23(6-2)17-26(19-31-29)33-39(4,37)38/h8-9,16-17,19,27-28,32-33H,5-7,10-15,18,20-21,30H2,1-4H3. The highest BCUT2D eigenvalue weighted by atomic mass is 32.2. The van der Waals surface area contributed by atoms with E-state index < -0.39 is 10.0 Å². The molecule has 216 valence electrons. The molecule has 1 atom stereocenters. The van der Waals surface area contributed by atoms with Crippen molar-refractivity contribution in [2.24, 2.45) is 5.84 Å².